The largest absolute Gasteiger partial charge is 0.407 e. The third-order valence-electron chi connectivity index (χ3n) is 6.52. The molecule has 3 nitrogen and oxygen atoms in total. The minimum absolute atomic E-state index is 0.0418. The highest BCUT2D eigenvalue weighted by Gasteiger charge is 2.63. The van der Waals surface area contributed by atoms with Crippen LogP contribution in [0.15, 0.2) is 60.7 Å². The highest BCUT2D eigenvalue weighted by atomic mass is 19.4. The number of hydrogen-bond acceptors (Lipinski definition) is 2. The molecule has 0 bridgehead atoms. The summed E-state index contributed by atoms with van der Waals surface area (Å²) in [6, 6.07) is 16.8. The summed E-state index contributed by atoms with van der Waals surface area (Å²) in [5.74, 6) is -0.819. The average molecular weight is 416 g/mol. The molecular weight excluding hydrogens is 389 g/mol. The average Bonchev–Trinajstić information content (AvgIpc) is 3.26. The highest BCUT2D eigenvalue weighted by Crippen LogP contribution is 2.49. The molecule has 0 saturated carbocycles. The Labute approximate surface area is 175 Å². The SMILES string of the molecule is O=C1N(C(CN2CCCC2)c2ccccc2)CCCC1(c1ccccc1)C(F)(F)F. The topological polar surface area (TPSA) is 23.6 Å². The Bertz CT molecular complexity index is 850. The maximum absolute atomic E-state index is 14.5. The molecule has 2 fully saturated rings. The molecule has 4 rings (SSSR count). The summed E-state index contributed by atoms with van der Waals surface area (Å²) >= 11 is 0. The predicted octanol–water partition coefficient (Wildman–Crippen LogP) is 4.95. The number of nitrogens with zero attached hydrogens (tertiary/aromatic N) is 2. The van der Waals surface area contributed by atoms with Crippen molar-refractivity contribution < 1.29 is 18.0 Å². The number of hydrogen-bond donors (Lipinski definition) is 0. The zero-order chi connectivity index (χ0) is 21.2. The van der Waals surface area contributed by atoms with E-state index in [2.05, 4.69) is 4.90 Å². The molecule has 6 heteroatoms. The Kier molecular flexibility index (Phi) is 5.87. The number of carbonyl (C=O) groups is 1. The van der Waals surface area contributed by atoms with E-state index in [1.165, 1.54) is 17.0 Å². The van der Waals surface area contributed by atoms with Crippen LogP contribution in [0.5, 0.6) is 0 Å². The zero-order valence-corrected chi connectivity index (χ0v) is 16.9. The van der Waals surface area contributed by atoms with Crippen LogP contribution in [-0.4, -0.2) is 48.1 Å². The van der Waals surface area contributed by atoms with E-state index in [-0.39, 0.29) is 18.0 Å². The lowest BCUT2D eigenvalue weighted by atomic mass is 9.72. The molecule has 2 saturated heterocycles. The summed E-state index contributed by atoms with van der Waals surface area (Å²) < 4.78 is 43.6. The number of carbonyl (C=O) groups excluding carboxylic acids is 1. The van der Waals surface area contributed by atoms with E-state index in [1.807, 2.05) is 30.3 Å². The van der Waals surface area contributed by atoms with E-state index in [0.29, 0.717) is 19.5 Å². The standard InChI is InChI=1S/C24H27F3N2O/c25-24(26,27)23(20-12-5-2-6-13-20)14-9-17-29(22(23)30)21(18-28-15-7-8-16-28)19-10-3-1-4-11-19/h1-6,10-13,21H,7-9,14-18H2. The fourth-order valence-electron chi connectivity index (χ4n) is 4.95. The van der Waals surface area contributed by atoms with Gasteiger partial charge in [0.05, 0.1) is 6.04 Å². The van der Waals surface area contributed by atoms with Crippen molar-refractivity contribution in [3.8, 4) is 0 Å². The van der Waals surface area contributed by atoms with Gasteiger partial charge < -0.3 is 9.80 Å². The molecule has 2 aromatic rings. The first-order valence-electron chi connectivity index (χ1n) is 10.6. The van der Waals surface area contributed by atoms with Crippen LogP contribution in [0.25, 0.3) is 0 Å². The number of likely N-dealkylation sites (tertiary alicyclic amines) is 2. The molecule has 0 aromatic heterocycles. The maximum atomic E-state index is 14.5. The molecule has 0 aliphatic carbocycles. The normalized spacial score (nSPS) is 24.2. The molecule has 2 heterocycles. The summed E-state index contributed by atoms with van der Waals surface area (Å²) in [6.07, 6.45) is -2.36. The lowest BCUT2D eigenvalue weighted by Crippen LogP contribution is -2.60. The molecule has 0 spiro atoms. The highest BCUT2D eigenvalue weighted by molar-refractivity contribution is 5.90. The van der Waals surface area contributed by atoms with Gasteiger partial charge in [0, 0.05) is 13.1 Å². The van der Waals surface area contributed by atoms with Gasteiger partial charge in [-0.25, -0.2) is 0 Å². The second-order valence-electron chi connectivity index (χ2n) is 8.31. The minimum atomic E-state index is -4.65. The molecule has 2 atom stereocenters. The van der Waals surface area contributed by atoms with Crippen LogP contribution in [0.3, 0.4) is 0 Å². The van der Waals surface area contributed by atoms with Crippen LogP contribution >= 0.6 is 0 Å². The van der Waals surface area contributed by atoms with Crippen molar-refractivity contribution in [2.24, 2.45) is 0 Å². The molecule has 160 valence electrons. The quantitative estimate of drug-likeness (QED) is 0.689. The van der Waals surface area contributed by atoms with E-state index in [1.54, 1.807) is 18.2 Å². The Morgan fingerprint density at radius 3 is 2.07 bits per heavy atom. The number of benzene rings is 2. The van der Waals surface area contributed by atoms with Gasteiger partial charge in [0.15, 0.2) is 5.41 Å². The molecule has 30 heavy (non-hydrogen) atoms. The lowest BCUT2D eigenvalue weighted by Gasteiger charge is -2.46. The molecule has 2 aromatic carbocycles. The Hall–Kier alpha value is -2.34. The van der Waals surface area contributed by atoms with Crippen molar-refractivity contribution in [1.29, 1.82) is 0 Å². The van der Waals surface area contributed by atoms with Gasteiger partial charge in [0.25, 0.3) is 0 Å². The molecule has 2 unspecified atom stereocenters. The van der Waals surface area contributed by atoms with Gasteiger partial charge >= 0.3 is 6.18 Å². The monoisotopic (exact) mass is 416 g/mol. The smallest absolute Gasteiger partial charge is 0.333 e. The van der Waals surface area contributed by atoms with E-state index in [9.17, 15) is 18.0 Å². The first kappa shape index (κ1) is 20.9. The second kappa shape index (κ2) is 8.42. The van der Waals surface area contributed by atoms with Crippen molar-refractivity contribution >= 4 is 5.91 Å². The van der Waals surface area contributed by atoms with Crippen LogP contribution in [0.1, 0.15) is 42.9 Å². The van der Waals surface area contributed by atoms with Gasteiger partial charge in [-0.3, -0.25) is 4.79 Å². The fourth-order valence-corrected chi connectivity index (χ4v) is 4.95. The van der Waals surface area contributed by atoms with Crippen LogP contribution < -0.4 is 0 Å². The van der Waals surface area contributed by atoms with Crippen LogP contribution in [0, 0.1) is 0 Å². The number of rotatable bonds is 5. The van der Waals surface area contributed by atoms with Gasteiger partial charge in [0.1, 0.15) is 0 Å². The fraction of sp³-hybridized carbons (Fsp3) is 0.458. The molecule has 1 amide bonds. The Balaban J connectivity index is 1.75. The third kappa shape index (κ3) is 3.73. The van der Waals surface area contributed by atoms with Gasteiger partial charge in [-0.1, -0.05) is 60.7 Å². The Morgan fingerprint density at radius 1 is 0.867 bits per heavy atom. The first-order chi connectivity index (χ1) is 14.4. The van der Waals surface area contributed by atoms with E-state index >= 15 is 0 Å². The lowest BCUT2D eigenvalue weighted by molar-refractivity contribution is -0.210. The van der Waals surface area contributed by atoms with Crippen molar-refractivity contribution in [1.82, 2.24) is 9.80 Å². The van der Waals surface area contributed by atoms with Crippen LogP contribution in [0.2, 0.25) is 0 Å². The van der Waals surface area contributed by atoms with Gasteiger partial charge in [-0.05, 0) is 49.9 Å². The van der Waals surface area contributed by atoms with E-state index < -0.39 is 17.5 Å². The second-order valence-corrected chi connectivity index (χ2v) is 8.31. The van der Waals surface area contributed by atoms with Crippen molar-refractivity contribution in [2.45, 2.75) is 43.3 Å². The summed E-state index contributed by atoms with van der Waals surface area (Å²) in [5.41, 5.74) is -1.55. The number of amides is 1. The summed E-state index contributed by atoms with van der Waals surface area (Å²) in [6.45, 7) is 2.76. The predicted molar refractivity (Wildman–Crippen MR) is 110 cm³/mol. The van der Waals surface area contributed by atoms with Crippen LogP contribution in [0.4, 0.5) is 13.2 Å². The minimum Gasteiger partial charge on any atom is -0.333 e. The zero-order valence-electron chi connectivity index (χ0n) is 16.9. The van der Waals surface area contributed by atoms with Crippen molar-refractivity contribution in [3.63, 3.8) is 0 Å². The molecule has 2 aliphatic heterocycles. The van der Waals surface area contributed by atoms with Crippen molar-refractivity contribution in [2.75, 3.05) is 26.2 Å². The van der Waals surface area contributed by atoms with E-state index in [4.69, 9.17) is 0 Å². The number of piperidine rings is 1. The molecular formula is C24H27F3N2O. The summed E-state index contributed by atoms with van der Waals surface area (Å²) in [5, 5.41) is 0. The summed E-state index contributed by atoms with van der Waals surface area (Å²) in [4.78, 5) is 17.4. The number of halogens is 3. The first-order valence-corrected chi connectivity index (χ1v) is 10.6. The molecule has 0 N–H and O–H groups in total. The van der Waals surface area contributed by atoms with Gasteiger partial charge in [0.2, 0.25) is 5.91 Å². The molecule has 2 aliphatic rings. The maximum Gasteiger partial charge on any atom is 0.407 e. The van der Waals surface area contributed by atoms with Crippen LogP contribution in [-0.2, 0) is 10.2 Å². The molecule has 0 radical (unpaired) electrons. The van der Waals surface area contributed by atoms with Crippen molar-refractivity contribution in [3.05, 3.63) is 71.8 Å². The van der Waals surface area contributed by atoms with Gasteiger partial charge in [-0.2, -0.15) is 13.2 Å². The summed E-state index contributed by atoms with van der Waals surface area (Å²) in [7, 11) is 0. The third-order valence-corrected chi connectivity index (χ3v) is 6.52. The van der Waals surface area contributed by atoms with Gasteiger partial charge in [-0.15, -0.1) is 0 Å². The number of alkyl halides is 3. The van der Waals surface area contributed by atoms with E-state index in [0.717, 1.165) is 31.5 Å². The Morgan fingerprint density at radius 2 is 1.47 bits per heavy atom.